The van der Waals surface area contributed by atoms with Crippen molar-refractivity contribution in [2.75, 3.05) is 5.43 Å². The molecule has 0 saturated heterocycles. The number of nitrogens with one attached hydrogen (secondary N) is 1. The monoisotopic (exact) mass is 304 g/mol. The molecule has 2 aromatic rings. The van der Waals surface area contributed by atoms with E-state index in [1.807, 2.05) is 0 Å². The van der Waals surface area contributed by atoms with Gasteiger partial charge in [-0.2, -0.15) is 13.5 Å². The Morgan fingerprint density at radius 2 is 1.48 bits per heavy atom. The molecular weight excluding hydrogens is 292 g/mol. The smallest absolute Gasteiger partial charge is 0.286 e. The van der Waals surface area contributed by atoms with E-state index in [4.69, 9.17) is 4.55 Å². The van der Waals surface area contributed by atoms with Crippen LogP contribution in [0.5, 0.6) is 0 Å². The number of rotatable bonds is 4. The Balaban J connectivity index is 2.34. The third kappa shape index (κ3) is 3.98. The lowest BCUT2D eigenvalue weighted by Crippen LogP contribution is -2.25. The predicted octanol–water partition coefficient (Wildman–Crippen LogP) is 2.18. The lowest BCUT2D eigenvalue weighted by Gasteiger charge is -2.04. The van der Waals surface area contributed by atoms with E-state index >= 15 is 0 Å². The van der Waals surface area contributed by atoms with Crippen molar-refractivity contribution in [3.8, 4) is 0 Å². The van der Waals surface area contributed by atoms with E-state index in [1.54, 1.807) is 48.5 Å². The van der Waals surface area contributed by atoms with Gasteiger partial charge in [-0.1, -0.05) is 48.5 Å². The average Bonchev–Trinajstić information content (AvgIpc) is 2.48. The van der Waals surface area contributed by atoms with Gasteiger partial charge in [0.1, 0.15) is 0 Å². The van der Waals surface area contributed by atoms with Crippen LogP contribution in [-0.2, 0) is 10.1 Å². The number of carbonyl (C=O) groups is 1. The number of hydrazone groups is 1. The first-order chi connectivity index (χ1) is 9.98. The first-order valence-electron chi connectivity index (χ1n) is 5.94. The molecule has 0 aliphatic carbocycles. The summed E-state index contributed by atoms with van der Waals surface area (Å²) in [7, 11) is -4.74. The van der Waals surface area contributed by atoms with Crippen molar-refractivity contribution >= 4 is 26.6 Å². The molecule has 0 aromatic heterocycles. The Bertz CT molecular complexity index is 756. The summed E-state index contributed by atoms with van der Waals surface area (Å²) in [5.41, 5.74) is 3.03. The molecule has 0 unspecified atom stereocenters. The Morgan fingerprint density at radius 1 is 0.952 bits per heavy atom. The molecule has 2 rings (SSSR count). The highest BCUT2D eigenvalue weighted by molar-refractivity contribution is 8.03. The third-order valence-corrected chi connectivity index (χ3v) is 3.30. The van der Waals surface area contributed by atoms with Crippen molar-refractivity contribution in [1.29, 1.82) is 0 Å². The second-order valence-electron chi connectivity index (χ2n) is 4.07. The fourth-order valence-corrected chi connectivity index (χ4v) is 2.08. The van der Waals surface area contributed by atoms with Gasteiger partial charge in [-0.25, -0.2) is 0 Å². The van der Waals surface area contributed by atoms with E-state index in [0.29, 0.717) is 5.69 Å². The van der Waals surface area contributed by atoms with Crippen LogP contribution in [0.1, 0.15) is 10.4 Å². The van der Waals surface area contributed by atoms with Crippen LogP contribution >= 0.6 is 0 Å². The normalized spacial score (nSPS) is 12.0. The summed E-state index contributed by atoms with van der Waals surface area (Å²) in [5, 5.41) is 2.56. The molecule has 6 nitrogen and oxygen atoms in total. The molecule has 7 heteroatoms. The van der Waals surface area contributed by atoms with Crippen LogP contribution in [0, 0.1) is 0 Å². The standard InChI is InChI=1S/C14H12N2O4S/c17-13(11-7-3-1-4-8-11)14(21(18,19)20)16-15-12-9-5-2-6-10-12/h1-10,15H,(H,18,19,20). The minimum Gasteiger partial charge on any atom is -0.286 e. The number of nitrogens with zero attached hydrogens (tertiary/aromatic N) is 1. The van der Waals surface area contributed by atoms with Crippen LogP contribution in [0.25, 0.3) is 0 Å². The fourth-order valence-electron chi connectivity index (χ4n) is 1.57. The van der Waals surface area contributed by atoms with Crippen molar-refractivity contribution in [3.05, 3.63) is 66.2 Å². The summed E-state index contributed by atoms with van der Waals surface area (Å²) in [5.74, 6) is -0.887. The van der Waals surface area contributed by atoms with Crippen molar-refractivity contribution in [1.82, 2.24) is 0 Å². The van der Waals surface area contributed by atoms with E-state index in [2.05, 4.69) is 10.5 Å². The van der Waals surface area contributed by atoms with Gasteiger partial charge in [0, 0.05) is 5.56 Å². The number of hydrogen-bond donors (Lipinski definition) is 2. The maximum absolute atomic E-state index is 12.1. The van der Waals surface area contributed by atoms with Crippen molar-refractivity contribution in [2.24, 2.45) is 5.10 Å². The summed E-state index contributed by atoms with van der Waals surface area (Å²) in [6.45, 7) is 0. The van der Waals surface area contributed by atoms with Gasteiger partial charge < -0.3 is 0 Å². The number of anilines is 1. The Hall–Kier alpha value is -2.51. The molecule has 0 saturated carbocycles. The summed E-state index contributed by atoms with van der Waals surface area (Å²) in [6.07, 6.45) is 0. The van der Waals surface area contributed by atoms with Crippen LogP contribution in [0.15, 0.2) is 65.8 Å². The molecule has 2 N–H and O–H groups in total. The summed E-state index contributed by atoms with van der Waals surface area (Å²) >= 11 is 0. The molecule has 0 aliphatic rings. The van der Waals surface area contributed by atoms with Crippen molar-refractivity contribution in [3.63, 3.8) is 0 Å². The number of hydrogen-bond acceptors (Lipinski definition) is 5. The lowest BCUT2D eigenvalue weighted by molar-refractivity contribution is 0.106. The zero-order valence-electron chi connectivity index (χ0n) is 10.8. The summed E-state index contributed by atoms with van der Waals surface area (Å²) in [4.78, 5) is 12.1. The molecule has 0 bridgehead atoms. The maximum Gasteiger partial charge on any atom is 0.317 e. The lowest BCUT2D eigenvalue weighted by atomic mass is 10.1. The maximum atomic E-state index is 12.1. The Labute approximate surface area is 121 Å². The van der Waals surface area contributed by atoms with Gasteiger partial charge in [-0.3, -0.25) is 14.8 Å². The van der Waals surface area contributed by atoms with E-state index in [-0.39, 0.29) is 5.56 Å². The van der Waals surface area contributed by atoms with Crippen LogP contribution in [0.2, 0.25) is 0 Å². The molecule has 21 heavy (non-hydrogen) atoms. The van der Waals surface area contributed by atoms with Gasteiger partial charge in [0.25, 0.3) is 0 Å². The molecule has 0 aliphatic heterocycles. The molecule has 0 atom stereocenters. The highest BCUT2D eigenvalue weighted by atomic mass is 32.2. The van der Waals surface area contributed by atoms with Crippen LogP contribution in [0.4, 0.5) is 5.69 Å². The molecule has 0 fully saturated rings. The molecule has 0 amide bonds. The van der Waals surface area contributed by atoms with Gasteiger partial charge in [0.15, 0.2) is 0 Å². The second kappa shape index (κ2) is 6.29. The minimum absolute atomic E-state index is 0.115. The van der Waals surface area contributed by atoms with Crippen LogP contribution < -0.4 is 5.43 Å². The first-order valence-corrected chi connectivity index (χ1v) is 7.38. The third-order valence-electron chi connectivity index (χ3n) is 2.53. The Morgan fingerprint density at radius 3 is 2.00 bits per heavy atom. The van der Waals surface area contributed by atoms with Gasteiger partial charge in [0.2, 0.25) is 10.8 Å². The minimum atomic E-state index is -4.74. The average molecular weight is 304 g/mol. The Kier molecular flexibility index (Phi) is 4.46. The highest BCUT2D eigenvalue weighted by Gasteiger charge is 2.26. The second-order valence-corrected chi connectivity index (χ2v) is 5.40. The topological polar surface area (TPSA) is 95.8 Å². The van der Waals surface area contributed by atoms with Crippen molar-refractivity contribution < 1.29 is 17.8 Å². The van der Waals surface area contributed by atoms with Crippen molar-refractivity contribution in [2.45, 2.75) is 0 Å². The van der Waals surface area contributed by atoms with Gasteiger partial charge >= 0.3 is 10.1 Å². The van der Waals surface area contributed by atoms with Crippen LogP contribution in [0.3, 0.4) is 0 Å². The summed E-state index contributed by atoms with van der Waals surface area (Å²) in [6, 6.07) is 16.2. The number of ketones is 1. The number of carbonyl (C=O) groups excluding carboxylic acids is 1. The van der Waals surface area contributed by atoms with E-state index < -0.39 is 20.9 Å². The zero-order chi connectivity index (χ0) is 15.3. The molecule has 0 radical (unpaired) electrons. The predicted molar refractivity (Wildman–Crippen MR) is 79.8 cm³/mol. The molecule has 108 valence electrons. The van der Waals surface area contributed by atoms with E-state index in [9.17, 15) is 13.2 Å². The quantitative estimate of drug-likeness (QED) is 0.297. The van der Waals surface area contributed by atoms with Crippen LogP contribution in [-0.4, -0.2) is 23.8 Å². The van der Waals surface area contributed by atoms with Gasteiger partial charge in [0.05, 0.1) is 5.69 Å². The van der Waals surface area contributed by atoms with Gasteiger partial charge in [-0.05, 0) is 12.1 Å². The SMILES string of the molecule is O=C(C(=NNc1ccccc1)S(=O)(=O)O)c1ccccc1. The number of Topliss-reactive ketones (excluding diaryl/α,β-unsaturated/α-hetero) is 1. The molecule has 2 aromatic carbocycles. The largest absolute Gasteiger partial charge is 0.317 e. The number of para-hydroxylation sites is 1. The van der Waals surface area contributed by atoms with Gasteiger partial charge in [-0.15, -0.1) is 0 Å². The molecular formula is C14H12N2O4S. The number of benzene rings is 2. The molecule has 0 heterocycles. The fraction of sp³-hybridized carbons (Fsp3) is 0. The van der Waals surface area contributed by atoms with E-state index in [1.165, 1.54) is 12.1 Å². The molecule has 0 spiro atoms. The van der Waals surface area contributed by atoms with E-state index in [0.717, 1.165) is 0 Å². The zero-order valence-corrected chi connectivity index (χ0v) is 11.6. The summed E-state index contributed by atoms with van der Waals surface area (Å²) < 4.78 is 31.8. The highest BCUT2D eigenvalue weighted by Crippen LogP contribution is 2.08. The first kappa shape index (κ1) is 14.9.